The van der Waals surface area contributed by atoms with E-state index in [4.69, 9.17) is 0 Å². The van der Waals surface area contributed by atoms with Crippen molar-refractivity contribution in [3.05, 3.63) is 35.9 Å². The molecule has 5 heteroatoms. The number of anilines is 1. The standard InChI is InChI=1S/C20H24N4O/c25-20(23-14-3-4-14)13-2-1-11-24(12-13)18-8-10-22-17-6-5-16-15(19(17)18)7-9-21-16/h7-10,13-14,21H,1-6,11-12H2,(H,23,25). The number of rotatable bonds is 3. The van der Waals surface area contributed by atoms with Gasteiger partial charge in [0.15, 0.2) is 0 Å². The van der Waals surface area contributed by atoms with Gasteiger partial charge in [0.25, 0.3) is 0 Å². The van der Waals surface area contributed by atoms with Crippen molar-refractivity contribution < 1.29 is 4.79 Å². The van der Waals surface area contributed by atoms with E-state index in [0.29, 0.717) is 6.04 Å². The number of hydrogen-bond acceptors (Lipinski definition) is 3. The van der Waals surface area contributed by atoms with E-state index < -0.39 is 0 Å². The number of piperidine rings is 1. The van der Waals surface area contributed by atoms with Crippen molar-refractivity contribution in [2.24, 2.45) is 5.92 Å². The summed E-state index contributed by atoms with van der Waals surface area (Å²) in [6.45, 7) is 1.83. The molecule has 2 N–H and O–H groups in total. The van der Waals surface area contributed by atoms with Gasteiger partial charge in [-0.3, -0.25) is 9.78 Å². The Bertz CT molecular complexity index is 808. The van der Waals surface area contributed by atoms with Crippen molar-refractivity contribution in [2.75, 3.05) is 18.0 Å². The van der Waals surface area contributed by atoms with Gasteiger partial charge in [0, 0.05) is 54.0 Å². The van der Waals surface area contributed by atoms with Gasteiger partial charge in [-0.25, -0.2) is 0 Å². The van der Waals surface area contributed by atoms with Gasteiger partial charge in [0.05, 0.1) is 11.6 Å². The topological polar surface area (TPSA) is 61.0 Å². The van der Waals surface area contributed by atoms with Crippen LogP contribution in [0.5, 0.6) is 0 Å². The molecule has 1 saturated carbocycles. The smallest absolute Gasteiger partial charge is 0.225 e. The first-order chi connectivity index (χ1) is 12.3. The maximum Gasteiger partial charge on any atom is 0.225 e. The zero-order chi connectivity index (χ0) is 16.8. The predicted molar refractivity (Wildman–Crippen MR) is 97.5 cm³/mol. The molecule has 3 aliphatic rings. The van der Waals surface area contributed by atoms with Gasteiger partial charge < -0.3 is 15.2 Å². The van der Waals surface area contributed by atoms with E-state index >= 15 is 0 Å². The minimum absolute atomic E-state index is 0.104. The van der Waals surface area contributed by atoms with Gasteiger partial charge in [-0.15, -0.1) is 0 Å². The summed E-state index contributed by atoms with van der Waals surface area (Å²) in [7, 11) is 0. The summed E-state index contributed by atoms with van der Waals surface area (Å²) < 4.78 is 0. The number of H-pyrrole nitrogens is 1. The van der Waals surface area contributed by atoms with Gasteiger partial charge in [-0.1, -0.05) is 0 Å². The highest BCUT2D eigenvalue weighted by Crippen LogP contribution is 2.40. The van der Waals surface area contributed by atoms with Crippen LogP contribution in [0.25, 0.3) is 11.1 Å². The molecule has 2 aromatic rings. The summed E-state index contributed by atoms with van der Waals surface area (Å²) in [5, 5.41) is 3.19. The van der Waals surface area contributed by atoms with Crippen LogP contribution in [0.4, 0.5) is 5.69 Å². The molecule has 1 saturated heterocycles. The zero-order valence-corrected chi connectivity index (χ0v) is 14.4. The Balaban J connectivity index is 1.45. The molecule has 0 radical (unpaired) electrons. The third-order valence-corrected chi connectivity index (χ3v) is 5.78. The minimum Gasteiger partial charge on any atom is -0.370 e. The van der Waals surface area contributed by atoms with E-state index in [1.807, 2.05) is 12.4 Å². The summed E-state index contributed by atoms with van der Waals surface area (Å²) in [5.41, 5.74) is 6.30. The molecule has 1 atom stereocenters. The molecule has 2 fully saturated rings. The number of nitrogens with one attached hydrogen (secondary N) is 2. The molecule has 2 aromatic heterocycles. The SMILES string of the molecule is O=C(NC1CC1)C1CCCN(c2ccnc3c2-c2cc[nH]c2CC3)C1. The quantitative estimate of drug-likeness (QED) is 0.906. The predicted octanol–water partition coefficient (Wildman–Crippen LogP) is 2.67. The van der Waals surface area contributed by atoms with E-state index in [0.717, 1.165) is 51.6 Å². The molecule has 1 aliphatic heterocycles. The fourth-order valence-corrected chi connectivity index (χ4v) is 4.29. The lowest BCUT2D eigenvalue weighted by Gasteiger charge is -2.36. The Hall–Kier alpha value is -2.30. The molecule has 1 unspecified atom stereocenters. The highest BCUT2D eigenvalue weighted by Gasteiger charge is 2.32. The Morgan fingerprint density at radius 2 is 2.16 bits per heavy atom. The summed E-state index contributed by atoms with van der Waals surface area (Å²) >= 11 is 0. The molecule has 0 aromatic carbocycles. The number of fused-ring (bicyclic) bond motifs is 3. The highest BCUT2D eigenvalue weighted by molar-refractivity contribution is 5.85. The first-order valence-corrected chi connectivity index (χ1v) is 9.49. The first kappa shape index (κ1) is 15.0. The molecule has 5 rings (SSSR count). The average Bonchev–Trinajstić information content (AvgIpc) is 3.33. The maximum absolute atomic E-state index is 12.5. The number of aromatic amines is 1. The molecule has 3 heterocycles. The number of carbonyl (C=O) groups excluding carboxylic acids is 1. The number of hydrogen-bond donors (Lipinski definition) is 2. The lowest BCUT2D eigenvalue weighted by atomic mass is 9.90. The Labute approximate surface area is 147 Å². The lowest BCUT2D eigenvalue weighted by molar-refractivity contribution is -0.125. The second-order valence-electron chi connectivity index (χ2n) is 7.59. The number of pyridine rings is 1. The minimum atomic E-state index is 0.104. The lowest BCUT2D eigenvalue weighted by Crippen LogP contribution is -2.44. The molecular formula is C20H24N4O. The van der Waals surface area contributed by atoms with Crippen molar-refractivity contribution in [2.45, 2.75) is 44.6 Å². The van der Waals surface area contributed by atoms with Gasteiger partial charge in [0.1, 0.15) is 0 Å². The number of carbonyl (C=O) groups is 1. The second-order valence-corrected chi connectivity index (χ2v) is 7.59. The van der Waals surface area contributed by atoms with Crippen molar-refractivity contribution in [1.82, 2.24) is 15.3 Å². The molecule has 0 bridgehead atoms. The Morgan fingerprint density at radius 1 is 1.24 bits per heavy atom. The van der Waals surface area contributed by atoms with Crippen LogP contribution < -0.4 is 10.2 Å². The van der Waals surface area contributed by atoms with Crippen molar-refractivity contribution in [3.8, 4) is 11.1 Å². The number of nitrogens with zero attached hydrogens (tertiary/aromatic N) is 2. The number of aromatic nitrogens is 2. The normalized spacial score (nSPS) is 22.2. The molecule has 25 heavy (non-hydrogen) atoms. The summed E-state index contributed by atoms with van der Waals surface area (Å²) in [5.74, 6) is 0.352. The van der Waals surface area contributed by atoms with Crippen molar-refractivity contribution in [1.29, 1.82) is 0 Å². The van der Waals surface area contributed by atoms with Crippen LogP contribution in [0.3, 0.4) is 0 Å². The third kappa shape index (κ3) is 2.71. The maximum atomic E-state index is 12.5. The summed E-state index contributed by atoms with van der Waals surface area (Å²) in [4.78, 5) is 22.9. The average molecular weight is 336 g/mol. The molecule has 2 aliphatic carbocycles. The van der Waals surface area contributed by atoms with E-state index in [1.165, 1.54) is 28.2 Å². The molecule has 1 amide bonds. The van der Waals surface area contributed by atoms with E-state index in [9.17, 15) is 4.79 Å². The first-order valence-electron chi connectivity index (χ1n) is 9.49. The molecule has 0 spiro atoms. The van der Waals surface area contributed by atoms with Gasteiger partial charge in [-0.2, -0.15) is 0 Å². The van der Waals surface area contributed by atoms with Crippen LogP contribution in [0, 0.1) is 5.92 Å². The van der Waals surface area contributed by atoms with Crippen LogP contribution in [-0.2, 0) is 17.6 Å². The molecule has 5 nitrogen and oxygen atoms in total. The van der Waals surface area contributed by atoms with Crippen LogP contribution in [0.2, 0.25) is 0 Å². The van der Waals surface area contributed by atoms with E-state index in [-0.39, 0.29) is 11.8 Å². The van der Waals surface area contributed by atoms with Crippen LogP contribution >= 0.6 is 0 Å². The van der Waals surface area contributed by atoms with Gasteiger partial charge >= 0.3 is 0 Å². The monoisotopic (exact) mass is 336 g/mol. The molecular weight excluding hydrogens is 312 g/mol. The fourth-order valence-electron chi connectivity index (χ4n) is 4.29. The van der Waals surface area contributed by atoms with Crippen LogP contribution in [-0.4, -0.2) is 35.0 Å². The number of amides is 1. The van der Waals surface area contributed by atoms with E-state index in [2.05, 4.69) is 32.3 Å². The summed E-state index contributed by atoms with van der Waals surface area (Å²) in [6, 6.07) is 4.74. The van der Waals surface area contributed by atoms with Crippen LogP contribution in [0.1, 0.15) is 37.1 Å². The van der Waals surface area contributed by atoms with Gasteiger partial charge in [0.2, 0.25) is 5.91 Å². The Kier molecular flexibility index (Phi) is 3.54. The van der Waals surface area contributed by atoms with E-state index in [1.54, 1.807) is 0 Å². The summed E-state index contributed by atoms with van der Waals surface area (Å²) in [6.07, 6.45) is 10.3. The van der Waals surface area contributed by atoms with Crippen molar-refractivity contribution >= 4 is 11.6 Å². The second kappa shape index (κ2) is 5.90. The van der Waals surface area contributed by atoms with Crippen LogP contribution in [0.15, 0.2) is 24.5 Å². The van der Waals surface area contributed by atoms with Crippen molar-refractivity contribution in [3.63, 3.8) is 0 Å². The highest BCUT2D eigenvalue weighted by atomic mass is 16.2. The van der Waals surface area contributed by atoms with Gasteiger partial charge in [-0.05, 0) is 50.7 Å². The number of aryl methyl sites for hydroxylation is 2. The molecule has 130 valence electrons. The fraction of sp³-hybridized carbons (Fsp3) is 0.500. The largest absolute Gasteiger partial charge is 0.370 e. The zero-order valence-electron chi connectivity index (χ0n) is 14.4. The Morgan fingerprint density at radius 3 is 3.04 bits per heavy atom. The third-order valence-electron chi connectivity index (χ3n) is 5.78.